The van der Waals surface area contributed by atoms with Crippen LogP contribution in [0.3, 0.4) is 0 Å². The van der Waals surface area contributed by atoms with Gasteiger partial charge in [-0.25, -0.2) is 4.39 Å². The highest BCUT2D eigenvalue weighted by Crippen LogP contribution is 2.13. The standard InChI is InChI=1S/C13H11BrFN/c14-12-7-10(8-16-9-12)5-6-11-3-1-2-4-13(11)15/h1-4,7-9H,5-6H2. The van der Waals surface area contributed by atoms with Crippen molar-refractivity contribution in [1.82, 2.24) is 4.98 Å². The van der Waals surface area contributed by atoms with Gasteiger partial charge in [-0.05, 0) is 52.0 Å². The molecule has 2 rings (SSSR count). The van der Waals surface area contributed by atoms with Crippen molar-refractivity contribution in [2.24, 2.45) is 0 Å². The SMILES string of the molecule is Fc1ccccc1CCc1cncc(Br)c1. The largest absolute Gasteiger partial charge is 0.263 e. The number of pyridine rings is 1. The van der Waals surface area contributed by atoms with E-state index in [1.165, 1.54) is 6.07 Å². The normalized spacial score (nSPS) is 10.4. The van der Waals surface area contributed by atoms with E-state index in [1.807, 2.05) is 24.4 Å². The molecule has 0 amide bonds. The lowest BCUT2D eigenvalue weighted by Crippen LogP contribution is -1.95. The van der Waals surface area contributed by atoms with E-state index in [0.717, 1.165) is 22.0 Å². The second kappa shape index (κ2) is 5.21. The maximum atomic E-state index is 13.3. The fourth-order valence-electron chi connectivity index (χ4n) is 1.57. The Morgan fingerprint density at radius 2 is 1.94 bits per heavy atom. The van der Waals surface area contributed by atoms with Gasteiger partial charge in [-0.1, -0.05) is 18.2 Å². The van der Waals surface area contributed by atoms with Crippen molar-refractivity contribution in [1.29, 1.82) is 0 Å². The Hall–Kier alpha value is -1.22. The summed E-state index contributed by atoms with van der Waals surface area (Å²) in [6.07, 6.45) is 5.05. The molecule has 0 aliphatic carbocycles. The molecule has 1 nitrogen and oxygen atoms in total. The van der Waals surface area contributed by atoms with E-state index in [1.54, 1.807) is 12.3 Å². The third-order valence-corrected chi connectivity index (χ3v) is 2.84. The Morgan fingerprint density at radius 1 is 1.12 bits per heavy atom. The molecule has 0 saturated carbocycles. The molecule has 0 saturated heterocycles. The number of nitrogens with zero attached hydrogens (tertiary/aromatic N) is 1. The molecule has 0 bridgehead atoms. The van der Waals surface area contributed by atoms with Gasteiger partial charge < -0.3 is 0 Å². The summed E-state index contributed by atoms with van der Waals surface area (Å²) in [5.41, 5.74) is 1.86. The van der Waals surface area contributed by atoms with Crippen LogP contribution < -0.4 is 0 Å². The molecule has 0 unspecified atom stereocenters. The summed E-state index contributed by atoms with van der Waals surface area (Å²) in [4.78, 5) is 4.08. The van der Waals surface area contributed by atoms with Crippen molar-refractivity contribution in [3.63, 3.8) is 0 Å². The van der Waals surface area contributed by atoms with Crippen molar-refractivity contribution >= 4 is 15.9 Å². The highest BCUT2D eigenvalue weighted by atomic mass is 79.9. The van der Waals surface area contributed by atoms with Gasteiger partial charge in [-0.3, -0.25) is 4.98 Å². The minimum atomic E-state index is -0.134. The van der Waals surface area contributed by atoms with Crippen molar-refractivity contribution < 1.29 is 4.39 Å². The van der Waals surface area contributed by atoms with E-state index in [2.05, 4.69) is 20.9 Å². The number of rotatable bonds is 3. The highest BCUT2D eigenvalue weighted by molar-refractivity contribution is 9.10. The van der Waals surface area contributed by atoms with Crippen LogP contribution in [0.4, 0.5) is 4.39 Å². The fraction of sp³-hybridized carbons (Fsp3) is 0.154. The summed E-state index contributed by atoms with van der Waals surface area (Å²) in [6.45, 7) is 0. The molecule has 1 aromatic heterocycles. The maximum absolute atomic E-state index is 13.3. The molecule has 2 aromatic rings. The average Bonchev–Trinajstić information content (AvgIpc) is 2.28. The van der Waals surface area contributed by atoms with Crippen LogP contribution in [0.2, 0.25) is 0 Å². The molecule has 82 valence electrons. The van der Waals surface area contributed by atoms with Crippen molar-refractivity contribution in [2.45, 2.75) is 12.8 Å². The third-order valence-electron chi connectivity index (χ3n) is 2.40. The van der Waals surface area contributed by atoms with Crippen LogP contribution in [-0.2, 0) is 12.8 Å². The molecule has 0 aliphatic rings. The van der Waals surface area contributed by atoms with Gasteiger partial charge in [-0.15, -0.1) is 0 Å². The zero-order valence-corrected chi connectivity index (χ0v) is 10.2. The second-order valence-corrected chi connectivity index (χ2v) is 4.52. The van der Waals surface area contributed by atoms with Gasteiger partial charge in [0.1, 0.15) is 5.82 Å². The smallest absolute Gasteiger partial charge is 0.126 e. The summed E-state index contributed by atoms with van der Waals surface area (Å²) >= 11 is 3.37. The Labute approximate surface area is 102 Å². The average molecular weight is 280 g/mol. The lowest BCUT2D eigenvalue weighted by Gasteiger charge is -2.03. The van der Waals surface area contributed by atoms with E-state index < -0.39 is 0 Å². The van der Waals surface area contributed by atoms with E-state index >= 15 is 0 Å². The van der Waals surface area contributed by atoms with E-state index in [-0.39, 0.29) is 5.82 Å². The first-order valence-electron chi connectivity index (χ1n) is 5.08. The first kappa shape index (κ1) is 11.3. The lowest BCUT2D eigenvalue weighted by atomic mass is 10.1. The van der Waals surface area contributed by atoms with Crippen molar-refractivity contribution in [3.05, 3.63) is 64.1 Å². The van der Waals surface area contributed by atoms with Gasteiger partial charge in [-0.2, -0.15) is 0 Å². The number of benzene rings is 1. The van der Waals surface area contributed by atoms with Crippen molar-refractivity contribution in [2.75, 3.05) is 0 Å². The molecule has 0 aliphatic heterocycles. The number of halogens is 2. The topological polar surface area (TPSA) is 12.9 Å². The highest BCUT2D eigenvalue weighted by Gasteiger charge is 2.01. The summed E-state index contributed by atoms with van der Waals surface area (Å²) in [7, 11) is 0. The van der Waals surface area contributed by atoms with E-state index in [9.17, 15) is 4.39 Å². The predicted octanol–water partition coefficient (Wildman–Crippen LogP) is 3.77. The Balaban J connectivity index is 2.05. The van der Waals surface area contributed by atoms with Crippen LogP contribution in [0.25, 0.3) is 0 Å². The molecule has 0 radical (unpaired) electrons. The van der Waals surface area contributed by atoms with Crippen LogP contribution in [0.1, 0.15) is 11.1 Å². The van der Waals surface area contributed by atoms with Gasteiger partial charge in [0.25, 0.3) is 0 Å². The summed E-state index contributed by atoms with van der Waals surface area (Å²) in [5, 5.41) is 0. The molecule has 0 fully saturated rings. The third kappa shape index (κ3) is 2.89. The summed E-state index contributed by atoms with van der Waals surface area (Å²) in [6, 6.07) is 8.89. The zero-order chi connectivity index (χ0) is 11.4. The predicted molar refractivity (Wildman–Crippen MR) is 65.7 cm³/mol. The first-order valence-corrected chi connectivity index (χ1v) is 5.88. The molecule has 0 atom stereocenters. The Kier molecular flexibility index (Phi) is 3.67. The quantitative estimate of drug-likeness (QED) is 0.834. The first-order chi connectivity index (χ1) is 7.75. The van der Waals surface area contributed by atoms with E-state index in [4.69, 9.17) is 0 Å². The van der Waals surface area contributed by atoms with Crippen LogP contribution >= 0.6 is 15.9 Å². The maximum Gasteiger partial charge on any atom is 0.126 e. The number of hydrogen-bond acceptors (Lipinski definition) is 1. The summed E-state index contributed by atoms with van der Waals surface area (Å²) < 4.78 is 14.3. The zero-order valence-electron chi connectivity index (χ0n) is 8.66. The molecule has 1 heterocycles. The minimum absolute atomic E-state index is 0.134. The molecular weight excluding hydrogens is 269 g/mol. The van der Waals surface area contributed by atoms with Crippen LogP contribution in [-0.4, -0.2) is 4.98 Å². The molecule has 0 spiro atoms. The Bertz CT molecular complexity index is 485. The monoisotopic (exact) mass is 279 g/mol. The number of aromatic nitrogens is 1. The molecular formula is C13H11BrFN. The van der Waals surface area contributed by atoms with Gasteiger partial charge in [0.15, 0.2) is 0 Å². The summed E-state index contributed by atoms with van der Waals surface area (Å²) in [5.74, 6) is -0.134. The number of aryl methyl sites for hydroxylation is 2. The van der Waals surface area contributed by atoms with Crippen LogP contribution in [0.5, 0.6) is 0 Å². The van der Waals surface area contributed by atoms with Crippen LogP contribution in [0.15, 0.2) is 47.2 Å². The second-order valence-electron chi connectivity index (χ2n) is 3.60. The molecule has 0 N–H and O–H groups in total. The fourth-order valence-corrected chi connectivity index (χ4v) is 1.98. The lowest BCUT2D eigenvalue weighted by molar-refractivity contribution is 0.608. The Morgan fingerprint density at radius 3 is 2.69 bits per heavy atom. The van der Waals surface area contributed by atoms with Gasteiger partial charge in [0.05, 0.1) is 0 Å². The number of hydrogen-bond donors (Lipinski definition) is 0. The molecule has 3 heteroatoms. The van der Waals surface area contributed by atoms with Crippen molar-refractivity contribution in [3.8, 4) is 0 Å². The molecule has 1 aromatic carbocycles. The molecule has 16 heavy (non-hydrogen) atoms. The van der Waals surface area contributed by atoms with Gasteiger partial charge >= 0.3 is 0 Å². The van der Waals surface area contributed by atoms with Crippen LogP contribution in [0, 0.1) is 5.82 Å². The van der Waals surface area contributed by atoms with Gasteiger partial charge in [0.2, 0.25) is 0 Å². The van der Waals surface area contributed by atoms with Gasteiger partial charge in [0, 0.05) is 16.9 Å². The van der Waals surface area contributed by atoms with E-state index in [0.29, 0.717) is 6.42 Å². The minimum Gasteiger partial charge on any atom is -0.263 e.